The zero-order valence-corrected chi connectivity index (χ0v) is 32.5. The lowest BCUT2D eigenvalue weighted by molar-refractivity contribution is 0.0302. The summed E-state index contributed by atoms with van der Waals surface area (Å²) in [5.41, 5.74) is 3.23. The van der Waals surface area contributed by atoms with Crippen molar-refractivity contribution in [2.45, 2.75) is 148 Å². The first-order chi connectivity index (χ1) is 20.6. The van der Waals surface area contributed by atoms with Crippen molar-refractivity contribution in [2.75, 3.05) is 0 Å². The molecule has 0 heterocycles. The molecule has 1 aromatic rings. The first kappa shape index (κ1) is 39.1. The van der Waals surface area contributed by atoms with E-state index in [1.807, 2.05) is 0 Å². The molecule has 44 heavy (non-hydrogen) atoms. The van der Waals surface area contributed by atoms with Gasteiger partial charge in [-0.05, 0) is 112 Å². The van der Waals surface area contributed by atoms with Crippen LogP contribution in [0.4, 0.5) is 0 Å². The minimum atomic E-state index is 0.733. The van der Waals surface area contributed by atoms with E-state index in [1.165, 1.54) is 25.7 Å². The maximum absolute atomic E-state index is 2.47. The Morgan fingerprint density at radius 2 is 0.886 bits per heavy atom. The Morgan fingerprint density at radius 1 is 0.523 bits per heavy atom. The molecule has 0 amide bonds. The predicted molar refractivity (Wildman–Crippen MR) is 199 cm³/mol. The van der Waals surface area contributed by atoms with Gasteiger partial charge in [0.1, 0.15) is 0 Å². The fourth-order valence-corrected chi connectivity index (χ4v) is 9.02. The van der Waals surface area contributed by atoms with Crippen LogP contribution in [0, 0.1) is 82.9 Å². The minimum Gasteiger partial charge on any atom is -0.0846 e. The SMILES string of the molecule is CC1C(C)C(C)C1C.CC1C(C)C2C=CC1C(C)C2C.CCC(C)C(C)CC.CCC(C)C1CC(C)C(C)c2ccccc21. The van der Waals surface area contributed by atoms with Crippen molar-refractivity contribution in [1.29, 1.82) is 0 Å². The minimum absolute atomic E-state index is 0.733. The van der Waals surface area contributed by atoms with Gasteiger partial charge < -0.3 is 0 Å². The van der Waals surface area contributed by atoms with Crippen LogP contribution in [0.25, 0.3) is 0 Å². The second-order valence-electron chi connectivity index (χ2n) is 16.8. The molecule has 0 aliphatic heterocycles. The molecular weight excluding hydrogens is 528 g/mol. The van der Waals surface area contributed by atoms with Crippen LogP contribution in [0.1, 0.15) is 159 Å². The third-order valence-corrected chi connectivity index (χ3v) is 14.9. The Bertz CT molecular complexity index is 887. The molecule has 0 spiro atoms. The molecule has 5 aliphatic carbocycles. The molecule has 0 saturated heterocycles. The highest BCUT2D eigenvalue weighted by molar-refractivity contribution is 5.36. The van der Waals surface area contributed by atoms with Gasteiger partial charge in [-0.3, -0.25) is 0 Å². The number of benzene rings is 1. The summed E-state index contributed by atoms with van der Waals surface area (Å²) < 4.78 is 0. The number of rotatable bonds is 5. The third-order valence-electron chi connectivity index (χ3n) is 14.9. The summed E-state index contributed by atoms with van der Waals surface area (Å²) in [6, 6.07) is 9.09. The van der Waals surface area contributed by atoms with E-state index in [0.29, 0.717) is 0 Å². The molecule has 2 bridgehead atoms. The number of fused-ring (bicyclic) bond motifs is 3. The molecule has 2 fully saturated rings. The van der Waals surface area contributed by atoms with Gasteiger partial charge in [-0.15, -0.1) is 0 Å². The fourth-order valence-electron chi connectivity index (χ4n) is 9.02. The van der Waals surface area contributed by atoms with Crippen molar-refractivity contribution in [3.8, 4) is 0 Å². The Kier molecular flexibility index (Phi) is 15.8. The van der Waals surface area contributed by atoms with Crippen LogP contribution >= 0.6 is 0 Å². The molecule has 5 aliphatic rings. The van der Waals surface area contributed by atoms with Crippen molar-refractivity contribution in [1.82, 2.24) is 0 Å². The van der Waals surface area contributed by atoms with Gasteiger partial charge in [0.25, 0.3) is 0 Å². The highest BCUT2D eigenvalue weighted by Crippen LogP contribution is 2.50. The summed E-state index contributed by atoms with van der Waals surface area (Å²) in [7, 11) is 0. The average molecular weight is 607 g/mol. The molecule has 10 atom stereocenters. The highest BCUT2D eigenvalue weighted by Gasteiger charge is 2.44. The fraction of sp³-hybridized carbons (Fsp3) is 0.818. The normalized spacial score (nSPS) is 40.3. The first-order valence-corrected chi connectivity index (χ1v) is 19.4. The van der Waals surface area contributed by atoms with Crippen LogP contribution in [0.15, 0.2) is 36.4 Å². The van der Waals surface area contributed by atoms with Crippen LogP contribution in [0.3, 0.4) is 0 Å². The molecular formula is C44H78. The first-order valence-electron chi connectivity index (χ1n) is 19.4. The molecule has 0 aromatic heterocycles. The van der Waals surface area contributed by atoms with E-state index in [1.54, 1.807) is 11.1 Å². The Balaban J connectivity index is 0.000000215. The second-order valence-corrected chi connectivity index (χ2v) is 16.8. The van der Waals surface area contributed by atoms with Gasteiger partial charge in [-0.2, -0.15) is 0 Å². The van der Waals surface area contributed by atoms with Crippen LogP contribution in [0.5, 0.6) is 0 Å². The number of allylic oxidation sites excluding steroid dienone is 2. The molecule has 0 radical (unpaired) electrons. The van der Waals surface area contributed by atoms with E-state index in [4.69, 9.17) is 0 Å². The highest BCUT2D eigenvalue weighted by atomic mass is 14.5. The average Bonchev–Trinajstić information content (AvgIpc) is 3.05. The van der Waals surface area contributed by atoms with Gasteiger partial charge in [0.2, 0.25) is 0 Å². The van der Waals surface area contributed by atoms with E-state index >= 15 is 0 Å². The summed E-state index contributed by atoms with van der Waals surface area (Å²) in [6.07, 6.45) is 10.3. The van der Waals surface area contributed by atoms with Crippen LogP contribution < -0.4 is 0 Å². The van der Waals surface area contributed by atoms with Crippen LogP contribution in [-0.2, 0) is 0 Å². The van der Waals surface area contributed by atoms with E-state index < -0.39 is 0 Å². The van der Waals surface area contributed by atoms with Crippen molar-refractivity contribution < 1.29 is 0 Å². The lowest BCUT2D eigenvalue weighted by atomic mass is 9.55. The number of hydrogen-bond acceptors (Lipinski definition) is 0. The van der Waals surface area contributed by atoms with Gasteiger partial charge in [0.15, 0.2) is 0 Å². The second kappa shape index (κ2) is 17.8. The molecule has 254 valence electrons. The molecule has 1 aromatic carbocycles. The zero-order chi connectivity index (χ0) is 33.5. The van der Waals surface area contributed by atoms with Gasteiger partial charge in [0, 0.05) is 0 Å². The van der Waals surface area contributed by atoms with E-state index in [-0.39, 0.29) is 0 Å². The lowest BCUT2D eigenvalue weighted by Crippen LogP contribution is -2.44. The summed E-state index contributed by atoms with van der Waals surface area (Å²) in [5, 5.41) is 0. The summed E-state index contributed by atoms with van der Waals surface area (Å²) in [4.78, 5) is 0. The van der Waals surface area contributed by atoms with E-state index in [2.05, 4.69) is 147 Å². The predicted octanol–water partition coefficient (Wildman–Crippen LogP) is 13.9. The van der Waals surface area contributed by atoms with Gasteiger partial charge in [0.05, 0.1) is 0 Å². The molecule has 10 unspecified atom stereocenters. The molecule has 0 nitrogen and oxygen atoms in total. The Labute approximate surface area is 278 Å². The topological polar surface area (TPSA) is 0 Å². The van der Waals surface area contributed by atoms with Crippen molar-refractivity contribution in [3.63, 3.8) is 0 Å². The zero-order valence-electron chi connectivity index (χ0n) is 32.5. The van der Waals surface area contributed by atoms with Crippen LogP contribution in [-0.4, -0.2) is 0 Å². The molecule has 2 saturated carbocycles. The van der Waals surface area contributed by atoms with E-state index in [0.717, 1.165) is 94.7 Å². The van der Waals surface area contributed by atoms with Gasteiger partial charge in [-0.1, -0.05) is 166 Å². The summed E-state index contributed by atoms with van der Waals surface area (Å²) in [6.45, 7) is 37.8. The summed E-state index contributed by atoms with van der Waals surface area (Å²) >= 11 is 0. The van der Waals surface area contributed by atoms with Gasteiger partial charge in [-0.25, -0.2) is 0 Å². The van der Waals surface area contributed by atoms with Crippen LogP contribution in [0.2, 0.25) is 0 Å². The quantitative estimate of drug-likeness (QED) is 0.292. The Morgan fingerprint density at radius 3 is 1.23 bits per heavy atom. The van der Waals surface area contributed by atoms with E-state index in [9.17, 15) is 0 Å². The maximum atomic E-state index is 2.47. The van der Waals surface area contributed by atoms with Gasteiger partial charge >= 0.3 is 0 Å². The largest absolute Gasteiger partial charge is 0.0846 e. The Hall–Kier alpha value is -1.04. The monoisotopic (exact) mass is 607 g/mol. The molecule has 0 N–H and O–H groups in total. The molecule has 6 rings (SSSR count). The van der Waals surface area contributed by atoms with Crippen molar-refractivity contribution in [3.05, 3.63) is 47.5 Å². The smallest absolute Gasteiger partial charge is 0.0131 e. The standard InChI is InChI=1S/C16H24.C12H20.C8H16.C8H18/c1-5-11(2)16-10-12(3)13(4)14-8-6-7-9-15(14)16;1-7-8(2)12-6-5-11(7)9(3)10(12)4;1-5-6(2)8(4)7(5)3;1-5-7(3)8(4)6-2/h6-9,11-13,16H,5,10H2,1-4H3;5-12H,1-4H3;5-8H,1-4H3;7-8H,5-6H2,1-4H3. The molecule has 0 heteroatoms. The third kappa shape index (κ3) is 9.06. The lowest BCUT2D eigenvalue weighted by Gasteiger charge is -2.50. The van der Waals surface area contributed by atoms with Crippen molar-refractivity contribution >= 4 is 0 Å². The summed E-state index contributed by atoms with van der Waals surface area (Å²) in [5.74, 6) is 14.3. The van der Waals surface area contributed by atoms with Crippen molar-refractivity contribution in [2.24, 2.45) is 82.9 Å². The maximum Gasteiger partial charge on any atom is -0.0131 e. The number of hydrogen-bond donors (Lipinski definition) is 0.